The summed E-state index contributed by atoms with van der Waals surface area (Å²) in [5.41, 5.74) is 7.78. The van der Waals surface area contributed by atoms with Crippen LogP contribution in [0.1, 0.15) is 56.6 Å². The summed E-state index contributed by atoms with van der Waals surface area (Å²) in [5.74, 6) is -0.389. The quantitative estimate of drug-likeness (QED) is 0.200. The standard InChI is InChI=1S/C33H41N7O3/c1-33(2,34)32(43)37-28(19-24-20-35-27-15-7-6-13-25(24)27)30(41)38-29-21-39(22-36-29)16-10-14-26(23-11-4-3-5-12-23)31(42)40-17-8-9-18-40/h3-7,11-13,15,20-22,26,28,35H,8-10,14,16-19,34H2,1-2H3,(H,37,43)(H,38,41)/t26?,28-/m1/s1. The zero-order chi connectivity index (χ0) is 30.4. The largest absolute Gasteiger partial charge is 0.361 e. The number of amides is 3. The first-order valence-electron chi connectivity index (χ1n) is 15.0. The summed E-state index contributed by atoms with van der Waals surface area (Å²) in [5, 5.41) is 6.67. The molecule has 43 heavy (non-hydrogen) atoms. The van der Waals surface area contributed by atoms with Gasteiger partial charge in [0, 0.05) is 49.4 Å². The Labute approximate surface area is 252 Å². The lowest BCUT2D eigenvalue weighted by molar-refractivity contribution is -0.132. The van der Waals surface area contributed by atoms with Crippen LogP contribution in [-0.4, -0.2) is 61.8 Å². The number of aromatic amines is 1. The fourth-order valence-electron chi connectivity index (χ4n) is 5.59. The topological polar surface area (TPSA) is 138 Å². The molecule has 1 fully saturated rings. The van der Waals surface area contributed by atoms with E-state index in [9.17, 15) is 14.4 Å². The summed E-state index contributed by atoms with van der Waals surface area (Å²) in [7, 11) is 0. The van der Waals surface area contributed by atoms with E-state index < -0.39 is 17.5 Å². The van der Waals surface area contributed by atoms with Crippen LogP contribution in [0.5, 0.6) is 0 Å². The Balaban J connectivity index is 1.23. The van der Waals surface area contributed by atoms with Crippen molar-refractivity contribution in [1.82, 2.24) is 24.8 Å². The fraction of sp³-hybridized carbons (Fsp3) is 0.394. The lowest BCUT2D eigenvalue weighted by Gasteiger charge is -2.23. The van der Waals surface area contributed by atoms with E-state index in [-0.39, 0.29) is 24.2 Å². The van der Waals surface area contributed by atoms with Gasteiger partial charge in [-0.1, -0.05) is 48.5 Å². The number of carbonyl (C=O) groups is 3. The molecule has 1 unspecified atom stereocenters. The normalized spacial score (nSPS) is 14.9. The number of hydrogen-bond donors (Lipinski definition) is 4. The Morgan fingerprint density at radius 2 is 1.77 bits per heavy atom. The van der Waals surface area contributed by atoms with Gasteiger partial charge < -0.3 is 30.8 Å². The number of nitrogens with two attached hydrogens (primary N) is 1. The third-order valence-electron chi connectivity index (χ3n) is 8.02. The van der Waals surface area contributed by atoms with E-state index in [4.69, 9.17) is 5.73 Å². The van der Waals surface area contributed by atoms with Crippen molar-refractivity contribution in [2.45, 2.75) is 70.0 Å². The second-order valence-electron chi connectivity index (χ2n) is 11.9. The molecule has 0 radical (unpaired) electrons. The Morgan fingerprint density at radius 1 is 1.05 bits per heavy atom. The molecule has 0 saturated carbocycles. The van der Waals surface area contributed by atoms with E-state index in [1.165, 1.54) is 0 Å². The van der Waals surface area contributed by atoms with Crippen LogP contribution in [0.2, 0.25) is 0 Å². The van der Waals surface area contributed by atoms with Gasteiger partial charge in [-0.15, -0.1) is 0 Å². The predicted molar refractivity (Wildman–Crippen MR) is 167 cm³/mol. The van der Waals surface area contributed by atoms with Gasteiger partial charge in [0.1, 0.15) is 6.04 Å². The molecule has 2 aromatic heterocycles. The molecule has 2 aromatic carbocycles. The number of hydrogen-bond acceptors (Lipinski definition) is 5. The van der Waals surface area contributed by atoms with Crippen LogP contribution >= 0.6 is 0 Å². The lowest BCUT2D eigenvalue weighted by Crippen LogP contribution is -2.55. The van der Waals surface area contributed by atoms with Crippen molar-refractivity contribution in [3.8, 4) is 0 Å². The van der Waals surface area contributed by atoms with Crippen LogP contribution in [0.25, 0.3) is 10.9 Å². The highest BCUT2D eigenvalue weighted by molar-refractivity contribution is 5.98. The number of para-hydroxylation sites is 1. The molecular formula is C33H41N7O3. The molecule has 3 amide bonds. The zero-order valence-electron chi connectivity index (χ0n) is 24.9. The van der Waals surface area contributed by atoms with Crippen molar-refractivity contribution in [2.24, 2.45) is 5.73 Å². The summed E-state index contributed by atoms with van der Waals surface area (Å²) in [6, 6.07) is 16.9. The van der Waals surface area contributed by atoms with Crippen molar-refractivity contribution in [3.63, 3.8) is 0 Å². The van der Waals surface area contributed by atoms with Gasteiger partial charge in [-0.2, -0.15) is 0 Å². The van der Waals surface area contributed by atoms with Crippen molar-refractivity contribution >= 4 is 34.4 Å². The van der Waals surface area contributed by atoms with Gasteiger partial charge in [0.2, 0.25) is 17.7 Å². The van der Waals surface area contributed by atoms with E-state index in [1.54, 1.807) is 26.4 Å². The maximum atomic E-state index is 13.4. The molecule has 10 heteroatoms. The number of H-pyrrole nitrogens is 1. The summed E-state index contributed by atoms with van der Waals surface area (Å²) < 4.78 is 1.91. The molecule has 0 aliphatic carbocycles. The van der Waals surface area contributed by atoms with Gasteiger partial charge in [0.05, 0.1) is 17.8 Å². The summed E-state index contributed by atoms with van der Waals surface area (Å²) in [4.78, 5) is 49.1. The molecule has 5 rings (SSSR count). The van der Waals surface area contributed by atoms with Gasteiger partial charge in [0.15, 0.2) is 5.82 Å². The van der Waals surface area contributed by atoms with Crippen molar-refractivity contribution in [2.75, 3.05) is 18.4 Å². The number of nitrogens with zero attached hydrogens (tertiary/aromatic N) is 3. The van der Waals surface area contributed by atoms with Crippen molar-refractivity contribution in [3.05, 3.63) is 84.4 Å². The minimum atomic E-state index is -1.14. The molecule has 0 bridgehead atoms. The van der Waals surface area contributed by atoms with Gasteiger partial charge in [-0.05, 0) is 56.7 Å². The second kappa shape index (κ2) is 13.2. The van der Waals surface area contributed by atoms with E-state index in [2.05, 4.69) is 20.6 Å². The van der Waals surface area contributed by atoms with Gasteiger partial charge >= 0.3 is 0 Å². The number of carbonyl (C=O) groups excluding carboxylic acids is 3. The van der Waals surface area contributed by atoms with E-state index in [0.29, 0.717) is 18.8 Å². The Hall–Kier alpha value is -4.44. The first-order valence-corrected chi connectivity index (χ1v) is 15.0. The molecule has 226 valence electrons. The maximum Gasteiger partial charge on any atom is 0.248 e. The van der Waals surface area contributed by atoms with Crippen LogP contribution in [-0.2, 0) is 27.3 Å². The summed E-state index contributed by atoms with van der Waals surface area (Å²) in [6.45, 7) is 5.52. The van der Waals surface area contributed by atoms with Crippen LogP contribution < -0.4 is 16.4 Å². The minimum Gasteiger partial charge on any atom is -0.361 e. The number of aromatic nitrogens is 3. The van der Waals surface area contributed by atoms with Gasteiger partial charge in [-0.3, -0.25) is 14.4 Å². The number of fused-ring (bicyclic) bond motifs is 1. The third kappa shape index (κ3) is 7.50. The van der Waals surface area contributed by atoms with E-state index >= 15 is 0 Å². The maximum absolute atomic E-state index is 13.4. The van der Waals surface area contributed by atoms with E-state index in [1.807, 2.05) is 70.3 Å². The SMILES string of the molecule is CC(C)(N)C(=O)N[C@H](Cc1c[nH]c2ccccc12)C(=O)Nc1cn(CCCC(C(=O)N2CCCC2)c2ccccc2)cn1. The smallest absolute Gasteiger partial charge is 0.248 e. The number of anilines is 1. The number of nitrogens with one attached hydrogen (secondary N) is 3. The molecule has 0 spiro atoms. The lowest BCUT2D eigenvalue weighted by atomic mass is 9.93. The number of aryl methyl sites for hydroxylation is 1. The van der Waals surface area contributed by atoms with Gasteiger partial charge in [0.25, 0.3) is 0 Å². The molecular weight excluding hydrogens is 542 g/mol. The Bertz CT molecular complexity index is 1550. The van der Waals surface area contributed by atoms with Crippen molar-refractivity contribution in [1.29, 1.82) is 0 Å². The average molecular weight is 584 g/mol. The highest BCUT2D eigenvalue weighted by Gasteiger charge is 2.30. The number of benzene rings is 2. The third-order valence-corrected chi connectivity index (χ3v) is 8.02. The first kappa shape index (κ1) is 30.0. The second-order valence-corrected chi connectivity index (χ2v) is 11.9. The van der Waals surface area contributed by atoms with E-state index in [0.717, 1.165) is 54.4 Å². The molecule has 1 aliphatic rings. The fourth-order valence-corrected chi connectivity index (χ4v) is 5.59. The molecule has 3 heterocycles. The van der Waals surface area contributed by atoms with Crippen LogP contribution in [0.15, 0.2) is 73.3 Å². The average Bonchev–Trinajstić information content (AvgIpc) is 3.77. The van der Waals surface area contributed by atoms with Crippen molar-refractivity contribution < 1.29 is 14.4 Å². The zero-order valence-corrected chi connectivity index (χ0v) is 24.9. The Kier molecular flexibility index (Phi) is 9.25. The molecule has 4 aromatic rings. The number of likely N-dealkylation sites (tertiary alicyclic amines) is 1. The van der Waals surface area contributed by atoms with Gasteiger partial charge in [-0.25, -0.2) is 4.98 Å². The predicted octanol–water partition coefficient (Wildman–Crippen LogP) is 3.95. The minimum absolute atomic E-state index is 0.178. The molecule has 5 N–H and O–H groups in total. The van der Waals surface area contributed by atoms with Crippen LogP contribution in [0.4, 0.5) is 5.82 Å². The monoisotopic (exact) mass is 583 g/mol. The molecule has 2 atom stereocenters. The van der Waals surface area contributed by atoms with Crippen LogP contribution in [0.3, 0.4) is 0 Å². The number of rotatable bonds is 12. The Morgan fingerprint density at radius 3 is 2.51 bits per heavy atom. The first-order chi connectivity index (χ1) is 20.7. The molecule has 1 saturated heterocycles. The summed E-state index contributed by atoms with van der Waals surface area (Å²) in [6.07, 6.45) is 9.20. The summed E-state index contributed by atoms with van der Waals surface area (Å²) >= 11 is 0. The highest BCUT2D eigenvalue weighted by Crippen LogP contribution is 2.26. The number of imidazole rings is 1. The molecule has 10 nitrogen and oxygen atoms in total. The van der Waals surface area contributed by atoms with Crippen LogP contribution in [0, 0.1) is 0 Å². The highest BCUT2D eigenvalue weighted by atomic mass is 16.2. The molecule has 1 aliphatic heterocycles.